The minimum Gasteiger partial charge on any atom is -0.491 e. The second-order valence-corrected chi connectivity index (χ2v) is 5.29. The second-order valence-electron chi connectivity index (χ2n) is 5.29. The number of rotatable bonds is 8. The molecule has 0 bridgehead atoms. The predicted molar refractivity (Wildman–Crippen MR) is 79.8 cm³/mol. The highest BCUT2D eigenvalue weighted by Crippen LogP contribution is 2.19. The third-order valence-electron chi connectivity index (χ3n) is 2.89. The monoisotopic (exact) mass is 279 g/mol. The molecule has 0 aliphatic heterocycles. The van der Waals surface area contributed by atoms with Crippen molar-refractivity contribution < 1.29 is 14.6 Å². The third-order valence-corrected chi connectivity index (χ3v) is 2.89. The summed E-state index contributed by atoms with van der Waals surface area (Å²) in [5.41, 5.74) is 0.896. The van der Waals surface area contributed by atoms with Gasteiger partial charge in [0.25, 0.3) is 0 Å². The van der Waals surface area contributed by atoms with Crippen molar-refractivity contribution in [3.05, 3.63) is 29.8 Å². The Morgan fingerprint density at radius 3 is 2.65 bits per heavy atom. The van der Waals surface area contributed by atoms with E-state index in [9.17, 15) is 4.79 Å². The molecule has 0 aromatic heterocycles. The average molecular weight is 279 g/mol. The van der Waals surface area contributed by atoms with Crippen LogP contribution >= 0.6 is 0 Å². The van der Waals surface area contributed by atoms with Gasteiger partial charge in [0.15, 0.2) is 0 Å². The maximum atomic E-state index is 12.0. The number of carbonyl (C=O) groups is 1. The Kier molecular flexibility index (Phi) is 7.09. The zero-order chi connectivity index (χ0) is 15.0. The number of carbonyl (C=O) groups excluding carboxylic acids is 1. The van der Waals surface area contributed by atoms with Gasteiger partial charge in [-0.15, -0.1) is 0 Å². The van der Waals surface area contributed by atoms with Crippen molar-refractivity contribution in [3.8, 4) is 5.75 Å². The first-order valence-electron chi connectivity index (χ1n) is 7.17. The van der Waals surface area contributed by atoms with Crippen LogP contribution in [-0.4, -0.2) is 29.8 Å². The smallest absolute Gasteiger partial charge is 0.224 e. The standard InChI is InChI=1S/C16H25NO3/c1-12(2)20-15-9-5-4-8-14(15)11-16(19)17-13(3)7-6-10-18/h4-5,8-9,12-13,18H,6-7,10-11H2,1-3H3,(H,17,19). The van der Waals surface area contributed by atoms with E-state index in [1.807, 2.05) is 45.0 Å². The predicted octanol–water partition coefficient (Wildman–Crippen LogP) is 2.29. The van der Waals surface area contributed by atoms with Crippen LogP contribution in [0.5, 0.6) is 5.75 Å². The molecule has 1 atom stereocenters. The van der Waals surface area contributed by atoms with Gasteiger partial charge >= 0.3 is 0 Å². The number of aliphatic hydroxyl groups is 1. The normalized spacial score (nSPS) is 12.2. The van der Waals surface area contributed by atoms with E-state index in [0.717, 1.165) is 17.7 Å². The highest BCUT2D eigenvalue weighted by atomic mass is 16.5. The van der Waals surface area contributed by atoms with Crippen molar-refractivity contribution >= 4 is 5.91 Å². The van der Waals surface area contributed by atoms with E-state index in [2.05, 4.69) is 5.32 Å². The molecule has 1 unspecified atom stereocenters. The zero-order valence-corrected chi connectivity index (χ0v) is 12.6. The molecule has 0 aliphatic carbocycles. The van der Waals surface area contributed by atoms with Crippen LogP contribution in [-0.2, 0) is 11.2 Å². The molecule has 0 saturated heterocycles. The number of hydrogen-bond acceptors (Lipinski definition) is 3. The van der Waals surface area contributed by atoms with E-state index in [0.29, 0.717) is 12.8 Å². The first-order chi connectivity index (χ1) is 9.52. The van der Waals surface area contributed by atoms with Gasteiger partial charge in [-0.25, -0.2) is 0 Å². The lowest BCUT2D eigenvalue weighted by atomic mass is 10.1. The minimum absolute atomic E-state index is 0.0183. The van der Waals surface area contributed by atoms with Crippen LogP contribution < -0.4 is 10.1 Å². The SMILES string of the molecule is CC(CCCO)NC(=O)Cc1ccccc1OC(C)C. The first-order valence-corrected chi connectivity index (χ1v) is 7.17. The Labute approximate surface area is 121 Å². The summed E-state index contributed by atoms with van der Waals surface area (Å²) in [5, 5.41) is 11.7. The Balaban J connectivity index is 2.57. The minimum atomic E-state index is -0.0183. The van der Waals surface area contributed by atoms with Crippen molar-refractivity contribution in [2.24, 2.45) is 0 Å². The number of hydrogen-bond donors (Lipinski definition) is 2. The first kappa shape index (κ1) is 16.5. The van der Waals surface area contributed by atoms with Gasteiger partial charge in [-0.3, -0.25) is 4.79 Å². The number of amides is 1. The number of ether oxygens (including phenoxy) is 1. The molecule has 1 aromatic rings. The van der Waals surface area contributed by atoms with E-state index in [1.54, 1.807) is 0 Å². The Bertz CT molecular complexity index is 418. The van der Waals surface area contributed by atoms with E-state index in [1.165, 1.54) is 0 Å². The van der Waals surface area contributed by atoms with Gasteiger partial charge in [0.05, 0.1) is 12.5 Å². The molecule has 0 spiro atoms. The largest absolute Gasteiger partial charge is 0.491 e. The maximum absolute atomic E-state index is 12.0. The van der Waals surface area contributed by atoms with Crippen molar-refractivity contribution in [2.45, 2.75) is 52.2 Å². The summed E-state index contributed by atoms with van der Waals surface area (Å²) >= 11 is 0. The molecule has 0 heterocycles. The molecule has 1 amide bonds. The third kappa shape index (κ3) is 6.06. The van der Waals surface area contributed by atoms with E-state index < -0.39 is 0 Å². The molecule has 2 N–H and O–H groups in total. The Morgan fingerprint density at radius 1 is 1.30 bits per heavy atom. The molecule has 0 radical (unpaired) electrons. The molecular formula is C16H25NO3. The Morgan fingerprint density at radius 2 is 2.00 bits per heavy atom. The van der Waals surface area contributed by atoms with Crippen molar-refractivity contribution in [1.82, 2.24) is 5.32 Å². The summed E-state index contributed by atoms with van der Waals surface area (Å²) in [5.74, 6) is 0.746. The Hall–Kier alpha value is -1.55. The van der Waals surface area contributed by atoms with Crippen LogP contribution in [0.25, 0.3) is 0 Å². The van der Waals surface area contributed by atoms with Crippen LogP contribution in [0.4, 0.5) is 0 Å². The van der Waals surface area contributed by atoms with Gasteiger partial charge in [0.1, 0.15) is 5.75 Å². The fourth-order valence-corrected chi connectivity index (χ4v) is 1.99. The average Bonchev–Trinajstić information content (AvgIpc) is 2.38. The van der Waals surface area contributed by atoms with Gasteiger partial charge in [-0.1, -0.05) is 18.2 Å². The lowest BCUT2D eigenvalue weighted by Gasteiger charge is -2.16. The number of benzene rings is 1. The molecule has 0 aliphatic rings. The van der Waals surface area contributed by atoms with Crippen molar-refractivity contribution in [3.63, 3.8) is 0 Å². The van der Waals surface area contributed by atoms with Crippen molar-refractivity contribution in [1.29, 1.82) is 0 Å². The number of para-hydroxylation sites is 1. The fourth-order valence-electron chi connectivity index (χ4n) is 1.99. The number of aliphatic hydroxyl groups excluding tert-OH is 1. The summed E-state index contributed by atoms with van der Waals surface area (Å²) in [6, 6.07) is 7.69. The quantitative estimate of drug-likeness (QED) is 0.767. The summed E-state index contributed by atoms with van der Waals surface area (Å²) in [4.78, 5) is 12.0. The molecular weight excluding hydrogens is 254 g/mol. The van der Waals surface area contributed by atoms with Crippen LogP contribution in [0.2, 0.25) is 0 Å². The van der Waals surface area contributed by atoms with Gasteiger partial charge in [-0.05, 0) is 39.7 Å². The molecule has 4 nitrogen and oxygen atoms in total. The summed E-state index contributed by atoms with van der Waals surface area (Å²) < 4.78 is 5.70. The van der Waals surface area contributed by atoms with E-state index >= 15 is 0 Å². The summed E-state index contributed by atoms with van der Waals surface area (Å²) in [7, 11) is 0. The van der Waals surface area contributed by atoms with E-state index in [-0.39, 0.29) is 24.7 Å². The van der Waals surface area contributed by atoms with Gasteiger partial charge in [0.2, 0.25) is 5.91 Å². The zero-order valence-electron chi connectivity index (χ0n) is 12.6. The van der Waals surface area contributed by atoms with Crippen LogP contribution in [0.15, 0.2) is 24.3 Å². The van der Waals surface area contributed by atoms with Gasteiger partial charge in [-0.2, -0.15) is 0 Å². The fraction of sp³-hybridized carbons (Fsp3) is 0.562. The molecule has 1 rings (SSSR count). The highest BCUT2D eigenvalue weighted by molar-refractivity contribution is 5.79. The molecule has 20 heavy (non-hydrogen) atoms. The topological polar surface area (TPSA) is 58.6 Å². The number of nitrogens with one attached hydrogen (secondary N) is 1. The second kappa shape index (κ2) is 8.59. The lowest BCUT2D eigenvalue weighted by Crippen LogP contribution is -2.33. The summed E-state index contributed by atoms with van der Waals surface area (Å²) in [6.07, 6.45) is 1.88. The van der Waals surface area contributed by atoms with Crippen LogP contribution in [0.3, 0.4) is 0 Å². The highest BCUT2D eigenvalue weighted by Gasteiger charge is 2.11. The van der Waals surface area contributed by atoms with Crippen LogP contribution in [0.1, 0.15) is 39.2 Å². The molecule has 0 saturated carbocycles. The van der Waals surface area contributed by atoms with Gasteiger partial charge < -0.3 is 15.2 Å². The van der Waals surface area contributed by atoms with Crippen LogP contribution in [0, 0.1) is 0 Å². The molecule has 1 aromatic carbocycles. The summed E-state index contributed by atoms with van der Waals surface area (Å²) in [6.45, 7) is 6.04. The van der Waals surface area contributed by atoms with Crippen molar-refractivity contribution in [2.75, 3.05) is 6.61 Å². The molecule has 4 heteroatoms. The lowest BCUT2D eigenvalue weighted by molar-refractivity contribution is -0.121. The van der Waals surface area contributed by atoms with Gasteiger partial charge in [0, 0.05) is 18.2 Å². The maximum Gasteiger partial charge on any atom is 0.224 e. The molecule has 112 valence electrons. The molecule has 0 fully saturated rings. The van der Waals surface area contributed by atoms with E-state index in [4.69, 9.17) is 9.84 Å².